The number of aromatic nitrogens is 2. The van der Waals surface area contributed by atoms with E-state index in [1.54, 1.807) is 6.07 Å². The largest absolute Gasteiger partial charge is 0.508 e. The predicted molar refractivity (Wildman–Crippen MR) is 121 cm³/mol. The Bertz CT molecular complexity index is 1230. The lowest BCUT2D eigenvalue weighted by atomic mass is 9.62. The molecular weight excluding hydrogens is 392 g/mol. The molecule has 2 aromatic carbocycles. The fourth-order valence-corrected chi connectivity index (χ4v) is 4.72. The van der Waals surface area contributed by atoms with Gasteiger partial charge in [0.2, 0.25) is 5.88 Å². The van der Waals surface area contributed by atoms with E-state index in [-0.39, 0.29) is 40.3 Å². The molecule has 0 atom stereocenters. The van der Waals surface area contributed by atoms with Gasteiger partial charge in [0, 0.05) is 23.6 Å². The first-order valence-electron chi connectivity index (χ1n) is 10.6. The zero-order chi connectivity index (χ0) is 22.7. The van der Waals surface area contributed by atoms with Crippen LogP contribution in [-0.4, -0.2) is 25.3 Å². The van der Waals surface area contributed by atoms with Gasteiger partial charge < -0.3 is 20.3 Å². The monoisotopic (exact) mass is 422 g/mol. The molecule has 0 aliphatic heterocycles. The molecule has 3 aromatic rings. The van der Waals surface area contributed by atoms with Crippen molar-refractivity contribution in [2.75, 3.05) is 0 Å². The van der Waals surface area contributed by atoms with Crippen LogP contribution >= 0.6 is 0 Å². The number of phenolic OH excluding ortho intramolecular Hbond substituents is 2. The molecule has 6 nitrogen and oxygen atoms in total. The average molecular weight is 423 g/mol. The summed E-state index contributed by atoms with van der Waals surface area (Å²) in [6.07, 6.45) is 2.33. The number of hydrogen-bond acceptors (Lipinski definition) is 4. The first-order valence-corrected chi connectivity index (χ1v) is 10.6. The van der Waals surface area contributed by atoms with Gasteiger partial charge in [-0.2, -0.15) is 0 Å². The highest BCUT2D eigenvalue weighted by Gasteiger charge is 2.37. The lowest BCUT2D eigenvalue weighted by Crippen LogP contribution is -2.34. The average Bonchev–Trinajstić information content (AvgIpc) is 2.98. The van der Waals surface area contributed by atoms with Gasteiger partial charge in [-0.3, -0.25) is 4.98 Å². The van der Waals surface area contributed by atoms with Crippen LogP contribution in [0.25, 0.3) is 11.1 Å². The van der Waals surface area contributed by atoms with Gasteiger partial charge in [-0.1, -0.05) is 33.8 Å². The van der Waals surface area contributed by atoms with Crippen LogP contribution in [0.15, 0.2) is 29.1 Å². The second-order valence-corrected chi connectivity index (χ2v) is 10.1. The third-order valence-electron chi connectivity index (χ3n) is 6.83. The summed E-state index contributed by atoms with van der Waals surface area (Å²) in [4.78, 5) is 16.3. The molecule has 0 fully saturated rings. The summed E-state index contributed by atoms with van der Waals surface area (Å²) in [5, 5.41) is 31.0. The molecule has 1 aliphatic carbocycles. The smallest absolute Gasteiger partial charge is 0.325 e. The van der Waals surface area contributed by atoms with Crippen LogP contribution in [0.5, 0.6) is 17.4 Å². The Labute approximate surface area is 181 Å². The zero-order valence-corrected chi connectivity index (χ0v) is 18.7. The van der Waals surface area contributed by atoms with Crippen molar-refractivity contribution < 1.29 is 15.3 Å². The van der Waals surface area contributed by atoms with Crippen molar-refractivity contribution >= 4 is 0 Å². The van der Waals surface area contributed by atoms with E-state index in [4.69, 9.17) is 0 Å². The maximum absolute atomic E-state index is 11.4. The Balaban J connectivity index is 1.87. The molecule has 4 rings (SSSR count). The number of hydrogen-bond donors (Lipinski definition) is 5. The lowest BCUT2D eigenvalue weighted by molar-refractivity contribution is 0.332. The normalized spacial score (nSPS) is 16.8. The van der Waals surface area contributed by atoms with Crippen LogP contribution in [0, 0.1) is 6.92 Å². The van der Waals surface area contributed by atoms with Crippen molar-refractivity contribution in [3.05, 3.63) is 62.7 Å². The molecule has 0 radical (unpaired) electrons. The molecule has 0 saturated heterocycles. The number of aryl methyl sites for hydroxylation is 1. The summed E-state index contributed by atoms with van der Waals surface area (Å²) in [5.74, 6) is -0.364. The van der Waals surface area contributed by atoms with Crippen LogP contribution in [0.4, 0.5) is 0 Å². The van der Waals surface area contributed by atoms with Gasteiger partial charge >= 0.3 is 5.69 Å². The maximum atomic E-state index is 11.4. The molecule has 0 spiro atoms. The number of aromatic hydroxyl groups is 3. The van der Waals surface area contributed by atoms with E-state index in [1.165, 1.54) is 17.2 Å². The first-order chi connectivity index (χ1) is 14.4. The summed E-state index contributed by atoms with van der Waals surface area (Å²) in [6, 6.07) is 7.45. The minimum absolute atomic E-state index is 0.0102. The van der Waals surface area contributed by atoms with Crippen LogP contribution in [-0.2, 0) is 17.3 Å². The van der Waals surface area contributed by atoms with E-state index in [9.17, 15) is 20.1 Å². The van der Waals surface area contributed by atoms with Crippen LogP contribution < -0.4 is 5.69 Å². The fourth-order valence-electron chi connectivity index (χ4n) is 4.72. The highest BCUT2D eigenvalue weighted by atomic mass is 16.3. The summed E-state index contributed by atoms with van der Waals surface area (Å²) < 4.78 is 0. The third-order valence-corrected chi connectivity index (χ3v) is 6.83. The minimum Gasteiger partial charge on any atom is -0.508 e. The van der Waals surface area contributed by atoms with Crippen molar-refractivity contribution in [1.29, 1.82) is 0 Å². The van der Waals surface area contributed by atoms with Crippen LogP contribution in [0.3, 0.4) is 0 Å². The summed E-state index contributed by atoms with van der Waals surface area (Å²) in [7, 11) is 0. The Morgan fingerprint density at radius 3 is 2.03 bits per heavy atom. The van der Waals surface area contributed by atoms with E-state index in [1.807, 2.05) is 6.92 Å². The molecule has 164 valence electrons. The second-order valence-electron chi connectivity index (χ2n) is 10.1. The topological polar surface area (TPSA) is 109 Å². The van der Waals surface area contributed by atoms with E-state index < -0.39 is 5.69 Å². The van der Waals surface area contributed by atoms with Crippen LogP contribution in [0.1, 0.15) is 68.5 Å². The molecule has 0 saturated carbocycles. The standard InChI is InChI=1S/C25H30N2O4/c1-13-8-17-18(25(4,5)7-6-24(17,2)3)11-15(13)16-9-14(20(28)12-21(16)29)10-19-22(30)27-23(31)26-19/h8-9,11-12,28-30H,6-7,10H2,1-5H3,(H2,26,27,31). The zero-order valence-electron chi connectivity index (χ0n) is 18.7. The molecule has 1 aliphatic rings. The molecule has 5 N–H and O–H groups in total. The number of benzene rings is 2. The maximum Gasteiger partial charge on any atom is 0.325 e. The fraction of sp³-hybridized carbons (Fsp3) is 0.400. The van der Waals surface area contributed by atoms with E-state index >= 15 is 0 Å². The second kappa shape index (κ2) is 6.94. The van der Waals surface area contributed by atoms with Gasteiger partial charge in [0.1, 0.15) is 11.5 Å². The Kier molecular flexibility index (Phi) is 4.72. The number of H-pyrrole nitrogens is 2. The molecule has 31 heavy (non-hydrogen) atoms. The molecular formula is C25H30N2O4. The number of imidazole rings is 1. The van der Waals surface area contributed by atoms with Crippen molar-refractivity contribution in [2.45, 2.75) is 64.7 Å². The minimum atomic E-state index is -0.513. The van der Waals surface area contributed by atoms with Gasteiger partial charge in [-0.25, -0.2) is 4.79 Å². The predicted octanol–water partition coefficient (Wildman–Crippen LogP) is 4.74. The van der Waals surface area contributed by atoms with E-state index in [2.05, 4.69) is 49.8 Å². The van der Waals surface area contributed by atoms with Gasteiger partial charge in [0.15, 0.2) is 0 Å². The Hall–Kier alpha value is -3.15. The molecule has 0 bridgehead atoms. The highest BCUT2D eigenvalue weighted by Crippen LogP contribution is 2.48. The van der Waals surface area contributed by atoms with Crippen molar-refractivity contribution in [3.63, 3.8) is 0 Å². The van der Waals surface area contributed by atoms with Crippen molar-refractivity contribution in [3.8, 4) is 28.5 Å². The van der Waals surface area contributed by atoms with Gasteiger partial charge in [-0.15, -0.1) is 0 Å². The summed E-state index contributed by atoms with van der Waals surface area (Å²) >= 11 is 0. The van der Waals surface area contributed by atoms with Gasteiger partial charge in [0.05, 0.1) is 5.69 Å². The van der Waals surface area contributed by atoms with E-state index in [0.29, 0.717) is 11.1 Å². The quantitative estimate of drug-likeness (QED) is 0.420. The summed E-state index contributed by atoms with van der Waals surface area (Å²) in [6.45, 7) is 11.1. The number of fused-ring (bicyclic) bond motifs is 1. The Morgan fingerprint density at radius 1 is 0.839 bits per heavy atom. The van der Waals surface area contributed by atoms with Crippen molar-refractivity contribution in [1.82, 2.24) is 9.97 Å². The van der Waals surface area contributed by atoms with Crippen LogP contribution in [0.2, 0.25) is 0 Å². The molecule has 6 heteroatoms. The Morgan fingerprint density at radius 2 is 1.45 bits per heavy atom. The summed E-state index contributed by atoms with van der Waals surface area (Å²) in [5.41, 5.74) is 5.59. The first kappa shape index (κ1) is 21.1. The SMILES string of the molecule is Cc1cc2c(cc1-c1cc(Cc3[nH]c(=O)[nH]c3O)c(O)cc1O)C(C)(C)CCC2(C)C. The molecule has 0 unspecified atom stereocenters. The molecule has 0 amide bonds. The molecule has 1 aromatic heterocycles. The molecule has 1 heterocycles. The number of nitrogens with one attached hydrogen (secondary N) is 2. The number of rotatable bonds is 3. The third kappa shape index (κ3) is 3.60. The van der Waals surface area contributed by atoms with Crippen molar-refractivity contribution in [2.24, 2.45) is 0 Å². The number of phenols is 2. The van der Waals surface area contributed by atoms with Gasteiger partial charge in [-0.05, 0) is 65.0 Å². The van der Waals surface area contributed by atoms with Gasteiger partial charge in [0.25, 0.3) is 0 Å². The highest BCUT2D eigenvalue weighted by molar-refractivity contribution is 5.77. The number of aromatic amines is 2. The lowest BCUT2D eigenvalue weighted by Gasteiger charge is -2.42. The van der Waals surface area contributed by atoms with E-state index in [0.717, 1.165) is 24.0 Å².